The van der Waals surface area contributed by atoms with Gasteiger partial charge in [0.15, 0.2) is 5.82 Å². The maximum Gasteiger partial charge on any atom is 0.154 e. The standard InChI is InChI=1S/C20H16N6O/c21-9-14-7-13(18-5-1-3-15(10-22)24-18)8-19-17(14)11-23-26(19)20-6-2-4-16(12-27)25-20/h1-8,11,27H,10,12,22H2. The average Bonchev–Trinajstić information content (AvgIpc) is 3.17. The van der Waals surface area contributed by atoms with E-state index in [0.717, 1.165) is 27.9 Å². The summed E-state index contributed by atoms with van der Waals surface area (Å²) in [6, 6.07) is 16.9. The molecule has 3 N–H and O–H groups in total. The molecule has 0 fully saturated rings. The van der Waals surface area contributed by atoms with Crippen molar-refractivity contribution in [3.63, 3.8) is 0 Å². The van der Waals surface area contributed by atoms with Crippen LogP contribution in [0.25, 0.3) is 28.0 Å². The number of aliphatic hydroxyl groups excluding tert-OH is 1. The highest BCUT2D eigenvalue weighted by Crippen LogP contribution is 2.28. The van der Waals surface area contributed by atoms with Gasteiger partial charge in [0.25, 0.3) is 0 Å². The lowest BCUT2D eigenvalue weighted by atomic mass is 10.0. The van der Waals surface area contributed by atoms with Gasteiger partial charge in [0.2, 0.25) is 0 Å². The summed E-state index contributed by atoms with van der Waals surface area (Å²) in [5.41, 5.74) is 9.80. The van der Waals surface area contributed by atoms with E-state index < -0.39 is 0 Å². The predicted octanol–water partition coefficient (Wildman–Crippen LogP) is 2.31. The van der Waals surface area contributed by atoms with Crippen LogP contribution in [0.2, 0.25) is 0 Å². The Labute approximate surface area is 155 Å². The summed E-state index contributed by atoms with van der Waals surface area (Å²) in [5.74, 6) is 0.571. The summed E-state index contributed by atoms with van der Waals surface area (Å²) in [7, 11) is 0. The zero-order chi connectivity index (χ0) is 18.8. The van der Waals surface area contributed by atoms with E-state index in [1.807, 2.05) is 30.3 Å². The van der Waals surface area contributed by atoms with Crippen LogP contribution in [0.3, 0.4) is 0 Å². The Morgan fingerprint density at radius 2 is 1.89 bits per heavy atom. The number of hydrogen-bond donors (Lipinski definition) is 2. The second kappa shape index (κ2) is 6.96. The smallest absolute Gasteiger partial charge is 0.154 e. The van der Waals surface area contributed by atoms with E-state index in [2.05, 4.69) is 21.1 Å². The number of pyridine rings is 2. The van der Waals surface area contributed by atoms with Crippen molar-refractivity contribution in [3.8, 4) is 23.1 Å². The highest BCUT2D eigenvalue weighted by atomic mass is 16.3. The summed E-state index contributed by atoms with van der Waals surface area (Å²) >= 11 is 0. The number of fused-ring (bicyclic) bond motifs is 1. The molecular weight excluding hydrogens is 340 g/mol. The summed E-state index contributed by atoms with van der Waals surface area (Å²) in [6.07, 6.45) is 1.65. The molecule has 3 heterocycles. The van der Waals surface area contributed by atoms with Gasteiger partial charge in [-0.1, -0.05) is 12.1 Å². The van der Waals surface area contributed by atoms with E-state index in [1.165, 1.54) is 0 Å². The van der Waals surface area contributed by atoms with Crippen LogP contribution in [0.5, 0.6) is 0 Å². The molecule has 0 radical (unpaired) electrons. The molecule has 0 unspecified atom stereocenters. The second-order valence-electron chi connectivity index (χ2n) is 5.99. The fourth-order valence-corrected chi connectivity index (χ4v) is 2.98. The number of rotatable bonds is 4. The highest BCUT2D eigenvalue weighted by molar-refractivity contribution is 5.90. The molecule has 4 rings (SSSR count). The van der Waals surface area contributed by atoms with Crippen LogP contribution in [-0.4, -0.2) is 24.9 Å². The monoisotopic (exact) mass is 356 g/mol. The zero-order valence-corrected chi connectivity index (χ0v) is 14.4. The number of benzene rings is 1. The molecule has 1 aromatic carbocycles. The van der Waals surface area contributed by atoms with Crippen LogP contribution < -0.4 is 5.73 Å². The number of aromatic nitrogens is 4. The number of nitrogens with zero attached hydrogens (tertiary/aromatic N) is 5. The molecule has 0 saturated carbocycles. The van der Waals surface area contributed by atoms with E-state index >= 15 is 0 Å². The van der Waals surface area contributed by atoms with E-state index in [-0.39, 0.29) is 6.61 Å². The molecule has 0 aliphatic carbocycles. The Bertz CT molecular complexity index is 1170. The van der Waals surface area contributed by atoms with E-state index in [4.69, 9.17) is 5.73 Å². The largest absolute Gasteiger partial charge is 0.390 e. The van der Waals surface area contributed by atoms with Gasteiger partial charge in [0.1, 0.15) is 0 Å². The minimum absolute atomic E-state index is 0.155. The Kier molecular flexibility index (Phi) is 4.34. The molecule has 7 nitrogen and oxygen atoms in total. The van der Waals surface area contributed by atoms with Gasteiger partial charge in [0.05, 0.1) is 47.0 Å². The predicted molar refractivity (Wildman–Crippen MR) is 101 cm³/mol. The molecule has 27 heavy (non-hydrogen) atoms. The quantitative estimate of drug-likeness (QED) is 0.580. The molecule has 0 aliphatic heterocycles. The van der Waals surface area contributed by atoms with Crippen molar-refractivity contribution in [1.29, 1.82) is 5.26 Å². The van der Waals surface area contributed by atoms with Gasteiger partial charge in [-0.2, -0.15) is 10.4 Å². The molecular formula is C20H16N6O. The van der Waals surface area contributed by atoms with Gasteiger partial charge in [-0.15, -0.1) is 0 Å². The Morgan fingerprint density at radius 3 is 2.67 bits per heavy atom. The Hall–Kier alpha value is -3.60. The number of nitriles is 1. The van der Waals surface area contributed by atoms with Crippen molar-refractivity contribution < 1.29 is 5.11 Å². The first-order valence-corrected chi connectivity index (χ1v) is 8.39. The van der Waals surface area contributed by atoms with Gasteiger partial charge in [0, 0.05) is 17.5 Å². The molecule has 0 aliphatic rings. The van der Waals surface area contributed by atoms with Crippen LogP contribution in [-0.2, 0) is 13.2 Å². The van der Waals surface area contributed by atoms with Crippen molar-refractivity contribution in [1.82, 2.24) is 19.7 Å². The fraction of sp³-hybridized carbons (Fsp3) is 0.100. The van der Waals surface area contributed by atoms with E-state index in [1.54, 1.807) is 29.1 Å². The normalized spacial score (nSPS) is 10.9. The highest BCUT2D eigenvalue weighted by Gasteiger charge is 2.13. The third kappa shape index (κ3) is 3.04. The summed E-state index contributed by atoms with van der Waals surface area (Å²) in [5, 5.41) is 24.1. The van der Waals surface area contributed by atoms with Crippen LogP contribution in [0.4, 0.5) is 0 Å². The number of hydrogen-bond acceptors (Lipinski definition) is 6. The minimum atomic E-state index is -0.155. The summed E-state index contributed by atoms with van der Waals surface area (Å²) < 4.78 is 1.66. The summed E-state index contributed by atoms with van der Waals surface area (Å²) in [6.45, 7) is 0.189. The van der Waals surface area contributed by atoms with Crippen molar-refractivity contribution in [2.24, 2.45) is 5.73 Å². The Balaban J connectivity index is 1.94. The van der Waals surface area contributed by atoms with Crippen LogP contribution in [0.1, 0.15) is 17.0 Å². The van der Waals surface area contributed by atoms with Crippen LogP contribution >= 0.6 is 0 Å². The van der Waals surface area contributed by atoms with Crippen LogP contribution in [0, 0.1) is 11.3 Å². The average molecular weight is 356 g/mol. The molecule has 0 saturated heterocycles. The molecule has 0 spiro atoms. The van der Waals surface area contributed by atoms with Crippen molar-refractivity contribution in [2.75, 3.05) is 0 Å². The van der Waals surface area contributed by atoms with Gasteiger partial charge in [-0.3, -0.25) is 4.98 Å². The van der Waals surface area contributed by atoms with Crippen LogP contribution in [0.15, 0.2) is 54.7 Å². The van der Waals surface area contributed by atoms with E-state index in [9.17, 15) is 10.4 Å². The van der Waals surface area contributed by atoms with Gasteiger partial charge < -0.3 is 10.8 Å². The maximum absolute atomic E-state index is 9.59. The third-order valence-electron chi connectivity index (χ3n) is 4.29. The van der Waals surface area contributed by atoms with Crippen molar-refractivity contribution in [2.45, 2.75) is 13.2 Å². The Morgan fingerprint density at radius 1 is 1.07 bits per heavy atom. The van der Waals surface area contributed by atoms with Gasteiger partial charge >= 0.3 is 0 Å². The topological polar surface area (TPSA) is 114 Å². The molecule has 4 aromatic rings. The number of aliphatic hydroxyl groups is 1. The first kappa shape index (κ1) is 16.8. The second-order valence-corrected chi connectivity index (χ2v) is 5.99. The SMILES string of the molecule is N#Cc1cc(-c2cccc(CN)n2)cc2c1cnn2-c1cccc(CO)n1. The lowest BCUT2D eigenvalue weighted by Gasteiger charge is -2.08. The van der Waals surface area contributed by atoms with E-state index in [0.29, 0.717) is 23.6 Å². The maximum atomic E-state index is 9.59. The first-order chi connectivity index (χ1) is 13.2. The lowest BCUT2D eigenvalue weighted by molar-refractivity contribution is 0.276. The third-order valence-corrected chi connectivity index (χ3v) is 4.29. The molecule has 132 valence electrons. The zero-order valence-electron chi connectivity index (χ0n) is 14.4. The van der Waals surface area contributed by atoms with Gasteiger partial charge in [-0.05, 0) is 36.4 Å². The van der Waals surface area contributed by atoms with Crippen molar-refractivity contribution in [3.05, 3.63) is 71.7 Å². The molecule has 7 heteroatoms. The first-order valence-electron chi connectivity index (χ1n) is 8.39. The van der Waals surface area contributed by atoms with Gasteiger partial charge in [-0.25, -0.2) is 9.67 Å². The van der Waals surface area contributed by atoms with Crippen molar-refractivity contribution >= 4 is 10.9 Å². The fourth-order valence-electron chi connectivity index (χ4n) is 2.98. The molecule has 3 aromatic heterocycles. The molecule has 0 atom stereocenters. The number of nitrogens with two attached hydrogens (primary N) is 1. The molecule has 0 amide bonds. The minimum Gasteiger partial charge on any atom is -0.390 e. The molecule has 0 bridgehead atoms. The lowest BCUT2D eigenvalue weighted by Crippen LogP contribution is -2.02. The summed E-state index contributed by atoms with van der Waals surface area (Å²) in [4.78, 5) is 8.95.